The second kappa shape index (κ2) is 6.24. The highest BCUT2D eigenvalue weighted by Gasteiger charge is 2.31. The largest absolute Gasteiger partial charge is 0.359 e. The Kier molecular flexibility index (Phi) is 4.90. The maximum atomic E-state index is 4.55. The zero-order chi connectivity index (χ0) is 13.0. The van der Waals surface area contributed by atoms with E-state index in [1.54, 1.807) is 0 Å². The molecule has 0 radical (unpaired) electrons. The van der Waals surface area contributed by atoms with Crippen molar-refractivity contribution in [3.05, 3.63) is 5.82 Å². The van der Waals surface area contributed by atoms with Crippen LogP contribution < -0.4 is 5.32 Å². The first-order valence-electron chi connectivity index (χ1n) is 6.78. The molecule has 5 heteroatoms. The standard InChI is InChI=1S/C13H23N3S2/c1-10(2)11-15-12(18-16-11)14-9-13(17-3)7-5-4-6-8-13/h10H,4-9H2,1-3H3,(H,14,15,16). The Balaban J connectivity index is 1.92. The van der Waals surface area contributed by atoms with Gasteiger partial charge >= 0.3 is 0 Å². The van der Waals surface area contributed by atoms with Crippen LogP contribution in [0.25, 0.3) is 0 Å². The molecule has 18 heavy (non-hydrogen) atoms. The highest BCUT2D eigenvalue weighted by molar-refractivity contribution is 8.00. The number of aromatic nitrogens is 2. The Morgan fingerprint density at radius 3 is 2.61 bits per heavy atom. The Morgan fingerprint density at radius 2 is 2.06 bits per heavy atom. The maximum absolute atomic E-state index is 4.55. The summed E-state index contributed by atoms with van der Waals surface area (Å²) in [6, 6.07) is 0. The summed E-state index contributed by atoms with van der Waals surface area (Å²) in [4.78, 5) is 4.55. The normalized spacial score (nSPS) is 19.1. The van der Waals surface area contributed by atoms with Gasteiger partial charge in [-0.1, -0.05) is 33.1 Å². The van der Waals surface area contributed by atoms with Crippen LogP contribution >= 0.6 is 23.3 Å². The Morgan fingerprint density at radius 1 is 1.33 bits per heavy atom. The molecular formula is C13H23N3S2. The van der Waals surface area contributed by atoms with E-state index in [1.165, 1.54) is 43.6 Å². The van der Waals surface area contributed by atoms with E-state index >= 15 is 0 Å². The van der Waals surface area contributed by atoms with Crippen molar-refractivity contribution in [3.8, 4) is 0 Å². The van der Waals surface area contributed by atoms with E-state index in [-0.39, 0.29) is 0 Å². The Hall–Kier alpha value is -0.290. The van der Waals surface area contributed by atoms with Gasteiger partial charge in [-0.05, 0) is 19.1 Å². The average molecular weight is 285 g/mol. The minimum atomic E-state index is 0.418. The zero-order valence-electron chi connectivity index (χ0n) is 11.5. The number of thioether (sulfide) groups is 1. The lowest BCUT2D eigenvalue weighted by Gasteiger charge is -2.35. The SMILES string of the molecule is CSC1(CNc2nc(C(C)C)ns2)CCCCC1. The molecule has 1 heterocycles. The first-order chi connectivity index (χ1) is 8.65. The van der Waals surface area contributed by atoms with Gasteiger partial charge in [0.25, 0.3) is 0 Å². The molecule has 1 aromatic heterocycles. The Bertz CT molecular complexity index is 370. The van der Waals surface area contributed by atoms with Crippen molar-refractivity contribution in [3.63, 3.8) is 0 Å². The first-order valence-corrected chi connectivity index (χ1v) is 8.78. The van der Waals surface area contributed by atoms with Crippen molar-refractivity contribution in [2.45, 2.75) is 56.6 Å². The fourth-order valence-electron chi connectivity index (χ4n) is 2.43. The van der Waals surface area contributed by atoms with Gasteiger partial charge in [0.05, 0.1) is 0 Å². The lowest BCUT2D eigenvalue weighted by atomic mass is 9.88. The molecule has 1 aliphatic carbocycles. The van der Waals surface area contributed by atoms with Crippen LogP contribution in [0.1, 0.15) is 57.7 Å². The highest BCUT2D eigenvalue weighted by Crippen LogP contribution is 2.38. The topological polar surface area (TPSA) is 37.8 Å². The molecule has 3 nitrogen and oxygen atoms in total. The van der Waals surface area contributed by atoms with Crippen LogP contribution in [-0.4, -0.2) is 26.9 Å². The minimum Gasteiger partial charge on any atom is -0.359 e. The summed E-state index contributed by atoms with van der Waals surface area (Å²) in [6.07, 6.45) is 9.05. The van der Waals surface area contributed by atoms with Gasteiger partial charge in [-0.3, -0.25) is 0 Å². The lowest BCUT2D eigenvalue weighted by molar-refractivity contribution is 0.411. The van der Waals surface area contributed by atoms with Crippen LogP contribution in [-0.2, 0) is 0 Å². The number of rotatable bonds is 5. The molecule has 0 unspecified atom stereocenters. The van der Waals surface area contributed by atoms with Gasteiger partial charge in [-0.25, -0.2) is 4.98 Å². The molecule has 102 valence electrons. The summed E-state index contributed by atoms with van der Waals surface area (Å²) < 4.78 is 4.81. The van der Waals surface area contributed by atoms with Crippen molar-refractivity contribution in [1.29, 1.82) is 0 Å². The third-order valence-corrected chi connectivity index (χ3v) is 5.82. The molecule has 1 saturated carbocycles. The average Bonchev–Trinajstić information content (AvgIpc) is 2.87. The fraction of sp³-hybridized carbons (Fsp3) is 0.846. The molecule has 0 amide bonds. The highest BCUT2D eigenvalue weighted by atomic mass is 32.2. The molecule has 1 fully saturated rings. The monoisotopic (exact) mass is 285 g/mol. The molecule has 1 aliphatic rings. The van der Waals surface area contributed by atoms with Gasteiger partial charge in [0.15, 0.2) is 0 Å². The van der Waals surface area contributed by atoms with E-state index in [4.69, 9.17) is 0 Å². The number of anilines is 1. The van der Waals surface area contributed by atoms with Gasteiger partial charge in [0, 0.05) is 28.7 Å². The molecule has 0 aromatic carbocycles. The van der Waals surface area contributed by atoms with Crippen molar-refractivity contribution in [2.75, 3.05) is 18.1 Å². The van der Waals surface area contributed by atoms with Gasteiger partial charge < -0.3 is 5.32 Å². The van der Waals surface area contributed by atoms with Gasteiger partial charge in [0.2, 0.25) is 5.13 Å². The van der Waals surface area contributed by atoms with E-state index in [9.17, 15) is 0 Å². The minimum absolute atomic E-state index is 0.418. The summed E-state index contributed by atoms with van der Waals surface area (Å²) in [5.41, 5.74) is 0. The molecule has 0 spiro atoms. The summed E-state index contributed by atoms with van der Waals surface area (Å²) in [7, 11) is 0. The molecule has 2 rings (SSSR count). The number of hydrogen-bond acceptors (Lipinski definition) is 5. The molecule has 1 aromatic rings. The molecule has 0 saturated heterocycles. The van der Waals surface area contributed by atoms with Crippen molar-refractivity contribution in [1.82, 2.24) is 9.36 Å². The fourth-order valence-corrected chi connectivity index (χ4v) is 4.04. The molecule has 1 N–H and O–H groups in total. The lowest BCUT2D eigenvalue weighted by Crippen LogP contribution is -2.35. The predicted octanol–water partition coefficient (Wildman–Crippen LogP) is 4.14. The van der Waals surface area contributed by atoms with Gasteiger partial charge in [-0.15, -0.1) is 0 Å². The van der Waals surface area contributed by atoms with E-state index < -0.39 is 0 Å². The predicted molar refractivity (Wildman–Crippen MR) is 81.8 cm³/mol. The third kappa shape index (κ3) is 3.38. The molecule has 0 bridgehead atoms. The van der Waals surface area contributed by atoms with Crippen LogP contribution in [0, 0.1) is 0 Å². The summed E-state index contributed by atoms with van der Waals surface area (Å²) >= 11 is 3.51. The summed E-state index contributed by atoms with van der Waals surface area (Å²) in [5, 5.41) is 4.49. The van der Waals surface area contributed by atoms with Crippen LogP contribution in [0.3, 0.4) is 0 Å². The van der Waals surface area contributed by atoms with Gasteiger partial charge in [-0.2, -0.15) is 16.1 Å². The zero-order valence-corrected chi connectivity index (χ0v) is 13.2. The van der Waals surface area contributed by atoms with Crippen LogP contribution in [0.5, 0.6) is 0 Å². The van der Waals surface area contributed by atoms with Gasteiger partial charge in [0.1, 0.15) is 5.82 Å². The van der Waals surface area contributed by atoms with E-state index in [2.05, 4.69) is 34.8 Å². The van der Waals surface area contributed by atoms with Crippen LogP contribution in [0.4, 0.5) is 5.13 Å². The second-order valence-corrected chi connectivity index (χ2v) is 7.44. The smallest absolute Gasteiger partial charge is 0.202 e. The van der Waals surface area contributed by atoms with Crippen molar-refractivity contribution >= 4 is 28.4 Å². The number of hydrogen-bond donors (Lipinski definition) is 1. The third-order valence-electron chi connectivity index (χ3n) is 3.72. The second-order valence-electron chi connectivity index (χ2n) is 5.41. The van der Waals surface area contributed by atoms with Crippen LogP contribution in [0.15, 0.2) is 0 Å². The van der Waals surface area contributed by atoms with Crippen molar-refractivity contribution in [2.24, 2.45) is 0 Å². The van der Waals surface area contributed by atoms with E-state index in [1.807, 2.05) is 11.8 Å². The summed E-state index contributed by atoms with van der Waals surface area (Å²) in [5.74, 6) is 1.38. The quantitative estimate of drug-likeness (QED) is 0.882. The number of nitrogens with zero attached hydrogens (tertiary/aromatic N) is 2. The molecular weight excluding hydrogens is 262 g/mol. The molecule has 0 aliphatic heterocycles. The van der Waals surface area contributed by atoms with Crippen LogP contribution in [0.2, 0.25) is 0 Å². The summed E-state index contributed by atoms with van der Waals surface area (Å²) in [6.45, 7) is 5.30. The number of nitrogens with one attached hydrogen (secondary N) is 1. The van der Waals surface area contributed by atoms with E-state index in [0.717, 1.165) is 17.5 Å². The maximum Gasteiger partial charge on any atom is 0.202 e. The van der Waals surface area contributed by atoms with Crippen molar-refractivity contribution < 1.29 is 0 Å². The Labute approximate surface area is 118 Å². The molecule has 0 atom stereocenters. The van der Waals surface area contributed by atoms with E-state index in [0.29, 0.717) is 10.7 Å². The first kappa shape index (κ1) is 14.1.